The summed E-state index contributed by atoms with van der Waals surface area (Å²) < 4.78 is 10.8. The predicted octanol–water partition coefficient (Wildman–Crippen LogP) is 3.37. The van der Waals surface area contributed by atoms with Crippen molar-refractivity contribution in [1.29, 1.82) is 0 Å². The molecule has 2 unspecified atom stereocenters. The van der Waals surface area contributed by atoms with Crippen molar-refractivity contribution in [2.24, 2.45) is 0 Å². The minimum atomic E-state index is -0.616. The lowest BCUT2D eigenvalue weighted by Crippen LogP contribution is -2.61. The topological polar surface area (TPSA) is 88.2 Å². The number of carbonyl (C=O) groups is 3. The summed E-state index contributed by atoms with van der Waals surface area (Å²) in [7, 11) is 1.64. The number of piperazine rings is 1. The van der Waals surface area contributed by atoms with Crippen LogP contribution in [0.5, 0.6) is 0 Å². The van der Waals surface area contributed by atoms with Crippen LogP contribution in [-0.2, 0) is 25.5 Å². The maximum atomic E-state index is 13.0. The molecule has 0 aromatic heterocycles. The first-order valence-electron chi connectivity index (χ1n) is 12.1. The van der Waals surface area contributed by atoms with Gasteiger partial charge in [-0.1, -0.05) is 42.5 Å². The van der Waals surface area contributed by atoms with Crippen molar-refractivity contribution < 1.29 is 23.9 Å². The molecule has 0 saturated carbocycles. The van der Waals surface area contributed by atoms with Gasteiger partial charge < -0.3 is 19.7 Å². The molecule has 1 aliphatic heterocycles. The van der Waals surface area contributed by atoms with Crippen LogP contribution in [0.15, 0.2) is 42.5 Å². The van der Waals surface area contributed by atoms with Gasteiger partial charge in [0.15, 0.2) is 0 Å². The van der Waals surface area contributed by atoms with Gasteiger partial charge in [0.2, 0.25) is 5.91 Å². The molecule has 1 saturated heterocycles. The molecule has 8 heteroatoms. The molecule has 0 radical (unpaired) electrons. The fourth-order valence-electron chi connectivity index (χ4n) is 4.45. The fraction of sp³-hybridized carbons (Fsp3) is 0.519. The molecule has 35 heavy (non-hydrogen) atoms. The lowest BCUT2D eigenvalue weighted by molar-refractivity contribution is -0.141. The Morgan fingerprint density at radius 3 is 2.46 bits per heavy atom. The highest BCUT2D eigenvalue weighted by Gasteiger charge is 2.37. The first kappa shape index (κ1) is 26.5. The molecule has 1 heterocycles. The van der Waals surface area contributed by atoms with Gasteiger partial charge in [-0.15, -0.1) is 0 Å². The van der Waals surface area contributed by atoms with Crippen LogP contribution in [0.25, 0.3) is 10.8 Å². The van der Waals surface area contributed by atoms with E-state index in [-0.39, 0.29) is 24.5 Å². The van der Waals surface area contributed by atoms with E-state index in [1.807, 2.05) is 32.9 Å². The number of esters is 1. The van der Waals surface area contributed by atoms with Gasteiger partial charge in [0.25, 0.3) is 0 Å². The Morgan fingerprint density at radius 1 is 1.09 bits per heavy atom. The molecular formula is C27H37N3O5. The zero-order valence-corrected chi connectivity index (χ0v) is 21.4. The molecule has 0 bridgehead atoms. The van der Waals surface area contributed by atoms with Crippen molar-refractivity contribution >= 4 is 28.7 Å². The van der Waals surface area contributed by atoms with Crippen LogP contribution in [0, 0.1) is 0 Å². The van der Waals surface area contributed by atoms with Crippen LogP contribution in [-0.4, -0.2) is 78.7 Å². The van der Waals surface area contributed by atoms with E-state index >= 15 is 0 Å². The van der Waals surface area contributed by atoms with Gasteiger partial charge in [0.1, 0.15) is 5.60 Å². The number of nitrogens with one attached hydrogen (secondary N) is 1. The van der Waals surface area contributed by atoms with E-state index in [1.165, 1.54) is 6.92 Å². The molecule has 3 rings (SSSR count). The largest absolute Gasteiger partial charge is 0.466 e. The third-order valence-corrected chi connectivity index (χ3v) is 6.13. The average molecular weight is 484 g/mol. The summed E-state index contributed by atoms with van der Waals surface area (Å²) in [5, 5.41) is 5.09. The highest BCUT2D eigenvalue weighted by atomic mass is 16.6. The highest BCUT2D eigenvalue weighted by Crippen LogP contribution is 2.23. The van der Waals surface area contributed by atoms with E-state index in [1.54, 1.807) is 11.9 Å². The lowest BCUT2D eigenvalue weighted by Gasteiger charge is -2.44. The van der Waals surface area contributed by atoms with Crippen LogP contribution in [0.1, 0.15) is 39.7 Å². The van der Waals surface area contributed by atoms with E-state index in [0.29, 0.717) is 32.5 Å². The van der Waals surface area contributed by atoms with E-state index in [4.69, 9.17) is 9.47 Å². The molecule has 0 aliphatic carbocycles. The number of rotatable bonds is 7. The number of ether oxygens (including phenoxy) is 2. The Bertz CT molecular complexity index is 1050. The van der Waals surface area contributed by atoms with Crippen molar-refractivity contribution in [3.05, 3.63) is 48.0 Å². The average Bonchev–Trinajstić information content (AvgIpc) is 2.80. The first-order valence-corrected chi connectivity index (χ1v) is 12.1. The second kappa shape index (κ2) is 11.5. The summed E-state index contributed by atoms with van der Waals surface area (Å²) in [5.41, 5.74) is 0.457. The Morgan fingerprint density at radius 2 is 1.80 bits per heavy atom. The number of amides is 2. The molecule has 1 aliphatic rings. The number of carbonyl (C=O) groups excluding carboxylic acids is 3. The molecule has 1 N–H and O–H groups in total. The predicted molar refractivity (Wildman–Crippen MR) is 135 cm³/mol. The number of nitrogens with zero attached hydrogens (tertiary/aromatic N) is 2. The van der Waals surface area contributed by atoms with Crippen LogP contribution in [0.3, 0.4) is 0 Å². The van der Waals surface area contributed by atoms with E-state index in [0.717, 1.165) is 16.3 Å². The van der Waals surface area contributed by atoms with E-state index in [9.17, 15) is 14.4 Å². The summed E-state index contributed by atoms with van der Waals surface area (Å²) in [5.74, 6) is -0.427. The monoisotopic (exact) mass is 483 g/mol. The fourth-order valence-corrected chi connectivity index (χ4v) is 4.45. The Hall–Kier alpha value is -3.13. The van der Waals surface area contributed by atoms with Gasteiger partial charge in [-0.3, -0.25) is 14.5 Å². The van der Waals surface area contributed by atoms with Gasteiger partial charge >= 0.3 is 12.1 Å². The molecule has 0 spiro atoms. The van der Waals surface area contributed by atoms with Crippen molar-refractivity contribution in [3.63, 3.8) is 0 Å². The number of hydrogen-bond acceptors (Lipinski definition) is 6. The second-order valence-electron chi connectivity index (χ2n) is 9.97. The first-order chi connectivity index (χ1) is 16.6. The standard InChI is InChI=1S/C27H37N3O5/c1-19(31)34-15-12-23-18-29(13-14-30(23)26(33)35-27(2,3)4)24(25(32)28-5)17-20-10-11-21-8-6-7-9-22(21)16-20/h6-11,16,23-24H,12-15,17-18H2,1-5H3,(H,28,32). The van der Waals surface area contributed by atoms with Gasteiger partial charge in [-0.2, -0.15) is 0 Å². The minimum Gasteiger partial charge on any atom is -0.466 e. The summed E-state index contributed by atoms with van der Waals surface area (Å²) >= 11 is 0. The molecular weight excluding hydrogens is 446 g/mol. The summed E-state index contributed by atoms with van der Waals surface area (Å²) in [6.07, 6.45) is 0.621. The number of likely N-dealkylation sites (N-methyl/N-ethyl adjacent to an activating group) is 1. The van der Waals surface area contributed by atoms with Crippen LogP contribution in [0.2, 0.25) is 0 Å². The van der Waals surface area contributed by atoms with Crippen molar-refractivity contribution in [2.75, 3.05) is 33.3 Å². The molecule has 190 valence electrons. The van der Waals surface area contributed by atoms with Crippen LogP contribution >= 0.6 is 0 Å². The van der Waals surface area contributed by atoms with Gasteiger partial charge in [-0.25, -0.2) is 4.79 Å². The maximum absolute atomic E-state index is 13.0. The van der Waals surface area contributed by atoms with Crippen LogP contribution < -0.4 is 5.32 Å². The molecule has 1 fully saturated rings. The lowest BCUT2D eigenvalue weighted by atomic mass is 9.98. The highest BCUT2D eigenvalue weighted by molar-refractivity contribution is 5.84. The van der Waals surface area contributed by atoms with Gasteiger partial charge in [-0.05, 0) is 43.5 Å². The molecule has 2 aromatic rings. The maximum Gasteiger partial charge on any atom is 0.410 e. The summed E-state index contributed by atoms with van der Waals surface area (Å²) in [6.45, 7) is 8.50. The third-order valence-electron chi connectivity index (χ3n) is 6.13. The molecule has 2 atom stereocenters. The van der Waals surface area contributed by atoms with E-state index < -0.39 is 17.7 Å². The number of fused-ring (bicyclic) bond motifs is 1. The van der Waals surface area contributed by atoms with Crippen molar-refractivity contribution in [2.45, 2.75) is 58.2 Å². The smallest absolute Gasteiger partial charge is 0.410 e. The van der Waals surface area contributed by atoms with Crippen molar-refractivity contribution in [3.8, 4) is 0 Å². The number of hydrogen-bond donors (Lipinski definition) is 1. The second-order valence-corrected chi connectivity index (χ2v) is 9.97. The SMILES string of the molecule is CNC(=O)C(Cc1ccc2ccccc2c1)N1CCN(C(=O)OC(C)(C)C)C(CCOC(C)=O)C1. The zero-order chi connectivity index (χ0) is 25.6. The van der Waals surface area contributed by atoms with Crippen LogP contribution in [0.4, 0.5) is 4.79 Å². The quantitative estimate of drug-likeness (QED) is 0.608. The minimum absolute atomic E-state index is 0.0670. The normalized spacial score (nSPS) is 17.6. The summed E-state index contributed by atoms with van der Waals surface area (Å²) in [6, 6.07) is 13.8. The molecule has 2 amide bonds. The van der Waals surface area contributed by atoms with Crippen molar-refractivity contribution in [1.82, 2.24) is 15.1 Å². The van der Waals surface area contributed by atoms with Gasteiger partial charge in [0, 0.05) is 40.0 Å². The molecule has 8 nitrogen and oxygen atoms in total. The summed E-state index contributed by atoms with van der Waals surface area (Å²) in [4.78, 5) is 41.0. The number of benzene rings is 2. The Balaban J connectivity index is 1.79. The molecule has 2 aromatic carbocycles. The zero-order valence-electron chi connectivity index (χ0n) is 21.4. The van der Waals surface area contributed by atoms with Gasteiger partial charge in [0.05, 0.1) is 18.7 Å². The third kappa shape index (κ3) is 7.42. The van der Waals surface area contributed by atoms with E-state index in [2.05, 4.69) is 40.5 Å². The Labute approximate surface area is 207 Å². The Kier molecular flexibility index (Phi) is 8.72.